The molecule has 87 heavy (non-hydrogen) atoms. The van der Waals surface area contributed by atoms with Gasteiger partial charge in [-0.1, -0.05) is 240 Å². The monoisotopic (exact) mass is 1130 g/mol. The van der Waals surface area contributed by atoms with Crippen LogP contribution < -0.4 is 31.1 Å². The highest BCUT2D eigenvalue weighted by atomic mass is 16.3. The molecule has 1 saturated carbocycles. The summed E-state index contributed by atoms with van der Waals surface area (Å²) in [6.45, 7) is 25.9. The Morgan fingerprint density at radius 3 is 1.31 bits per heavy atom. The van der Waals surface area contributed by atoms with E-state index in [1.165, 1.54) is 96.5 Å². The maximum Gasteiger partial charge on any atom is 0.253 e. The molecule has 2 unspecified atom stereocenters. The topological polar surface area (TPSA) is 36.0 Å². The predicted octanol–water partition coefficient (Wildman–Crippen LogP) is 19.9. The maximum absolute atomic E-state index is 7.54. The minimum Gasteiger partial charge on any atom is -0.454 e. The first-order valence-corrected chi connectivity index (χ1v) is 31.8. The van der Waals surface area contributed by atoms with Crippen LogP contribution in [0.5, 0.6) is 0 Å². The van der Waals surface area contributed by atoms with Crippen molar-refractivity contribution in [3.05, 3.63) is 245 Å². The molecule has 5 aliphatic rings. The van der Waals surface area contributed by atoms with Crippen molar-refractivity contribution >= 4 is 112 Å². The molecule has 2 aromatic heterocycles. The first-order valence-electron chi connectivity index (χ1n) is 31.8. The molecule has 0 radical (unpaired) electrons. The van der Waals surface area contributed by atoms with Crippen LogP contribution in [0.15, 0.2) is 209 Å². The molecule has 6 heterocycles. The molecule has 0 saturated heterocycles. The summed E-state index contributed by atoms with van der Waals surface area (Å²) in [6, 6.07) is 76.9. The Labute approximate surface area is 512 Å². The third-order valence-electron chi connectivity index (χ3n) is 21.7. The van der Waals surface area contributed by atoms with Crippen molar-refractivity contribution in [2.75, 3.05) is 14.7 Å². The lowest BCUT2D eigenvalue weighted by Gasteiger charge is -2.53. The van der Waals surface area contributed by atoms with Crippen LogP contribution >= 0.6 is 0 Å². The second kappa shape index (κ2) is 17.7. The number of anilines is 8. The van der Waals surface area contributed by atoms with Gasteiger partial charge < -0.3 is 23.5 Å². The largest absolute Gasteiger partial charge is 0.454 e. The van der Waals surface area contributed by atoms with Crippen molar-refractivity contribution in [3.8, 4) is 0 Å². The Morgan fingerprint density at radius 2 is 0.828 bits per heavy atom. The molecule has 5 nitrogen and oxygen atoms in total. The Bertz CT molecular complexity index is 4640. The molecule has 0 amide bonds. The second-order valence-corrected chi connectivity index (χ2v) is 29.5. The van der Waals surface area contributed by atoms with Gasteiger partial charge in [-0.2, -0.15) is 0 Å². The van der Waals surface area contributed by atoms with Gasteiger partial charge in [0, 0.05) is 72.2 Å². The third-order valence-corrected chi connectivity index (χ3v) is 21.7. The Kier molecular flexibility index (Phi) is 10.7. The van der Waals surface area contributed by atoms with Gasteiger partial charge in [-0.3, -0.25) is 0 Å². The van der Waals surface area contributed by atoms with Crippen LogP contribution in [-0.4, -0.2) is 12.3 Å². The fourth-order valence-electron chi connectivity index (χ4n) is 17.4. The fourth-order valence-corrected chi connectivity index (χ4v) is 17.4. The van der Waals surface area contributed by atoms with Gasteiger partial charge in [0.05, 0.1) is 22.3 Å². The zero-order valence-corrected chi connectivity index (χ0v) is 52.1. The van der Waals surface area contributed by atoms with Crippen LogP contribution in [0.2, 0.25) is 0 Å². The Morgan fingerprint density at radius 1 is 0.379 bits per heavy atom. The molecule has 1 fully saturated rings. The lowest BCUT2D eigenvalue weighted by Crippen LogP contribution is -2.68. The van der Waals surface area contributed by atoms with Crippen LogP contribution in [-0.2, 0) is 27.1 Å². The zero-order valence-electron chi connectivity index (χ0n) is 52.1. The molecule has 4 aliphatic heterocycles. The van der Waals surface area contributed by atoms with Crippen LogP contribution in [0.25, 0.3) is 43.9 Å². The number of benzene rings is 10. The highest BCUT2D eigenvalue weighted by Crippen LogP contribution is 2.63. The van der Waals surface area contributed by atoms with E-state index in [9.17, 15) is 0 Å². The van der Waals surface area contributed by atoms with E-state index >= 15 is 0 Å². The average Bonchev–Trinajstić information content (AvgIpc) is 1.50. The molecule has 10 aromatic carbocycles. The van der Waals surface area contributed by atoms with Gasteiger partial charge in [0.25, 0.3) is 6.71 Å². The number of furan rings is 2. The van der Waals surface area contributed by atoms with Gasteiger partial charge in [0.2, 0.25) is 0 Å². The van der Waals surface area contributed by atoms with Gasteiger partial charge in [-0.05, 0) is 128 Å². The van der Waals surface area contributed by atoms with Crippen molar-refractivity contribution in [1.29, 1.82) is 0 Å². The zero-order chi connectivity index (χ0) is 59.5. The highest BCUT2D eigenvalue weighted by molar-refractivity contribution is 7.01. The van der Waals surface area contributed by atoms with Crippen LogP contribution in [0.4, 0.5) is 45.5 Å². The molecule has 2 atom stereocenters. The van der Waals surface area contributed by atoms with E-state index in [-0.39, 0.29) is 33.9 Å². The molecular weight excluding hydrogens is 1060 g/mol. The molecule has 0 bridgehead atoms. The van der Waals surface area contributed by atoms with Gasteiger partial charge in [0.15, 0.2) is 11.2 Å². The SMILES string of the molecule is CC(C)(C)c1ccc2c(c1)C1(C)CCCCC1(C)N2c1cc2c3c(c1)N(c1cccc4c1oc1c(C(C)(C)C)cccc14)c1cccc4c1B3c1c(cccc1C4(c1ccccc1)c1ccccc1)N2c1cccc2c1oc1c(C(C)(C)C)cccc12. The van der Waals surface area contributed by atoms with Crippen LogP contribution in [0.3, 0.4) is 0 Å². The standard InChI is InChI=1S/C81H74BN3O2/c1-76(2,3)51-42-43-62-61(46-51)79(10)44-18-19-45-80(79,11)85(62)52-47-67-71-68(48-52)84(66-41-23-33-56-54-31-21-37-60(78(7,8)9)73(54)87-75(56)66)64-39-25-35-58-70(64)82(71)69-57(81(58,49-26-14-12-15-27-49)50-28-16-13-17-29-50)34-24-38-63(69)83(67)65-40-22-32-55-53-30-20-36-59(77(4,5)6)72(53)86-74(55)65/h12-17,20-43,46-48H,18-19,44-45H2,1-11H3. The van der Waals surface area contributed by atoms with Gasteiger partial charge in [-0.25, -0.2) is 0 Å². The van der Waals surface area contributed by atoms with E-state index < -0.39 is 5.41 Å². The summed E-state index contributed by atoms with van der Waals surface area (Å²) >= 11 is 0. The number of fused-ring (bicyclic) bond motifs is 9. The van der Waals surface area contributed by atoms with Crippen molar-refractivity contribution in [3.63, 3.8) is 0 Å². The number of hydrogen-bond acceptors (Lipinski definition) is 5. The molecule has 0 spiro atoms. The summed E-state index contributed by atoms with van der Waals surface area (Å²) in [7, 11) is 0. The summed E-state index contributed by atoms with van der Waals surface area (Å²) in [5.41, 5.74) is 25.7. The summed E-state index contributed by atoms with van der Waals surface area (Å²) in [6.07, 6.45) is 4.59. The number of rotatable bonds is 5. The number of para-hydroxylation sites is 4. The Hall–Kier alpha value is -8.74. The third kappa shape index (κ3) is 6.88. The van der Waals surface area contributed by atoms with Gasteiger partial charge in [-0.15, -0.1) is 0 Å². The normalized spacial score (nSPS) is 19.1. The molecule has 17 rings (SSSR count). The quantitative estimate of drug-likeness (QED) is 0.161. The molecule has 428 valence electrons. The summed E-state index contributed by atoms with van der Waals surface area (Å²) < 4.78 is 15.1. The summed E-state index contributed by atoms with van der Waals surface area (Å²) in [4.78, 5) is 8.08. The second-order valence-electron chi connectivity index (χ2n) is 29.5. The Balaban J connectivity index is 1.06. The van der Waals surface area contributed by atoms with Crippen molar-refractivity contribution in [2.45, 2.75) is 134 Å². The van der Waals surface area contributed by atoms with Crippen molar-refractivity contribution in [2.24, 2.45) is 0 Å². The molecule has 12 aromatic rings. The number of hydrogen-bond donors (Lipinski definition) is 0. The summed E-state index contributed by atoms with van der Waals surface area (Å²) in [5, 5.41) is 4.50. The van der Waals surface area contributed by atoms with E-state index in [0.717, 1.165) is 79.5 Å². The highest BCUT2D eigenvalue weighted by Gasteiger charge is 2.60. The van der Waals surface area contributed by atoms with E-state index in [1.807, 2.05) is 0 Å². The van der Waals surface area contributed by atoms with Crippen LogP contribution in [0, 0.1) is 0 Å². The van der Waals surface area contributed by atoms with Crippen molar-refractivity contribution in [1.82, 2.24) is 0 Å². The van der Waals surface area contributed by atoms with Gasteiger partial charge in [0.1, 0.15) is 11.2 Å². The number of nitrogens with zero attached hydrogens (tertiary/aromatic N) is 3. The first-order chi connectivity index (χ1) is 41.8. The van der Waals surface area contributed by atoms with E-state index in [0.29, 0.717) is 0 Å². The minimum atomic E-state index is -0.715. The fraction of sp³-hybridized carbons (Fsp3) is 0.259. The van der Waals surface area contributed by atoms with Crippen LogP contribution in [0.1, 0.15) is 146 Å². The van der Waals surface area contributed by atoms with E-state index in [1.54, 1.807) is 0 Å². The smallest absolute Gasteiger partial charge is 0.253 e. The average molecular weight is 1130 g/mol. The minimum absolute atomic E-state index is 0.00535. The van der Waals surface area contributed by atoms with Crippen molar-refractivity contribution < 1.29 is 8.83 Å². The predicted molar refractivity (Wildman–Crippen MR) is 366 cm³/mol. The molecule has 6 heteroatoms. The lowest BCUT2D eigenvalue weighted by molar-refractivity contribution is 0.195. The summed E-state index contributed by atoms with van der Waals surface area (Å²) in [5.74, 6) is 0. The van der Waals surface area contributed by atoms with E-state index in [4.69, 9.17) is 8.83 Å². The molecular formula is C81H74BN3O2. The molecule has 0 N–H and O–H groups in total. The lowest BCUT2D eigenvalue weighted by atomic mass is 9.28. The van der Waals surface area contributed by atoms with E-state index in [2.05, 4.69) is 291 Å². The maximum atomic E-state index is 7.54. The molecule has 1 aliphatic carbocycles. The first kappa shape index (κ1) is 52.6. The van der Waals surface area contributed by atoms with Gasteiger partial charge >= 0.3 is 0 Å².